The largest absolute Gasteiger partial charge is 0.494 e. The summed E-state index contributed by atoms with van der Waals surface area (Å²) in [5.74, 6) is -2.44. The first-order valence-electron chi connectivity index (χ1n) is 10.8. The quantitative estimate of drug-likeness (QED) is 0.183. The van der Waals surface area contributed by atoms with Crippen molar-refractivity contribution in [3.8, 4) is 0 Å². The number of nitrogens with one attached hydrogen (secondary N) is 1. The molecule has 0 saturated carbocycles. The van der Waals surface area contributed by atoms with E-state index in [2.05, 4.69) is 5.32 Å². The first-order valence-corrected chi connectivity index (χ1v) is 10.8. The van der Waals surface area contributed by atoms with E-state index in [1.807, 2.05) is 0 Å². The molecule has 3 saturated heterocycles. The molecule has 9 atom stereocenters. The summed E-state index contributed by atoms with van der Waals surface area (Å²) in [5, 5.41) is 62.7. The number of benzene rings is 1. The smallest absolute Gasteiger partial charge is 0.399 e. The Kier molecular flexibility index (Phi) is 7.57. The molecular formula is C20H28BNO12. The van der Waals surface area contributed by atoms with Crippen LogP contribution in [0.2, 0.25) is 0 Å². The van der Waals surface area contributed by atoms with Gasteiger partial charge in [-0.1, -0.05) is 12.1 Å². The number of fused-ring (bicyclic) bond motifs is 1. The maximum atomic E-state index is 11.8. The second-order valence-electron chi connectivity index (χ2n) is 8.31. The van der Waals surface area contributed by atoms with Crippen molar-refractivity contribution in [3.05, 3.63) is 29.8 Å². The third-order valence-electron chi connectivity index (χ3n) is 6.25. The number of carbonyl (C=O) groups is 1. The van der Waals surface area contributed by atoms with Crippen molar-refractivity contribution < 1.29 is 59.0 Å². The summed E-state index contributed by atoms with van der Waals surface area (Å²) in [6, 6.07) is 6.36. The Bertz CT molecular complexity index is 860. The highest BCUT2D eigenvalue weighted by molar-refractivity contribution is 6.61. The van der Waals surface area contributed by atoms with Crippen LogP contribution in [0.25, 0.3) is 0 Å². The predicted octanol–water partition coefficient (Wildman–Crippen LogP) is -4.58. The number of aliphatic hydroxyl groups excluding tert-OH is 6. The molecule has 34 heavy (non-hydrogen) atoms. The van der Waals surface area contributed by atoms with Gasteiger partial charge in [0.1, 0.15) is 49.3 Å². The van der Waals surface area contributed by atoms with Gasteiger partial charge in [0.05, 0.1) is 13.2 Å². The summed E-state index contributed by atoms with van der Waals surface area (Å²) in [6.07, 6.45) is -10.5. The maximum absolute atomic E-state index is 11.8. The molecule has 1 amide bonds. The second kappa shape index (κ2) is 10.1. The lowest BCUT2D eigenvalue weighted by molar-refractivity contribution is -0.374. The molecule has 0 aliphatic carbocycles. The number of hydrogen-bond acceptors (Lipinski definition) is 12. The molecule has 3 aliphatic heterocycles. The van der Waals surface area contributed by atoms with Gasteiger partial charge in [-0.3, -0.25) is 4.79 Å². The number of ether oxygens (including phenoxy) is 3. The number of carbonyl (C=O) groups excluding carboxylic acids is 1. The van der Waals surface area contributed by atoms with E-state index in [0.29, 0.717) is 11.0 Å². The number of aliphatic hydroxyl groups is 6. The van der Waals surface area contributed by atoms with Crippen LogP contribution in [0, 0.1) is 0 Å². The minimum Gasteiger partial charge on any atom is -0.399 e. The molecular weight excluding hydrogens is 457 g/mol. The molecule has 0 aromatic heterocycles. The van der Waals surface area contributed by atoms with E-state index in [0.717, 1.165) is 0 Å². The van der Waals surface area contributed by atoms with Gasteiger partial charge in [-0.15, -0.1) is 0 Å². The lowest BCUT2D eigenvalue weighted by atomic mass is 9.79. The zero-order chi connectivity index (χ0) is 24.6. The van der Waals surface area contributed by atoms with Gasteiger partial charge in [-0.05, 0) is 17.6 Å². The van der Waals surface area contributed by atoms with Gasteiger partial charge < -0.3 is 59.5 Å². The lowest BCUT2D eigenvalue weighted by Gasteiger charge is -2.43. The average Bonchev–Trinajstić information content (AvgIpc) is 3.42. The Hall–Kier alpha value is -1.69. The normalized spacial score (nSPS) is 39.8. The van der Waals surface area contributed by atoms with E-state index in [9.17, 15) is 35.4 Å². The molecule has 1 aromatic rings. The monoisotopic (exact) mass is 485 g/mol. The molecule has 188 valence electrons. The maximum Gasteiger partial charge on any atom is 0.494 e. The Morgan fingerprint density at radius 1 is 1.03 bits per heavy atom. The van der Waals surface area contributed by atoms with Crippen molar-refractivity contribution in [1.82, 2.24) is 5.32 Å². The van der Waals surface area contributed by atoms with Crippen molar-refractivity contribution in [2.24, 2.45) is 0 Å². The molecule has 7 N–H and O–H groups in total. The highest BCUT2D eigenvalue weighted by Crippen LogP contribution is 2.38. The van der Waals surface area contributed by atoms with Gasteiger partial charge in [0.2, 0.25) is 5.79 Å². The zero-order valence-corrected chi connectivity index (χ0v) is 18.3. The molecule has 0 spiro atoms. The van der Waals surface area contributed by atoms with Gasteiger partial charge in [0.15, 0.2) is 6.29 Å². The summed E-state index contributed by atoms with van der Waals surface area (Å²) in [6.45, 7) is -2.15. The summed E-state index contributed by atoms with van der Waals surface area (Å²) in [5.41, 5.74) is 0.944. The van der Waals surface area contributed by atoms with Crippen molar-refractivity contribution >= 4 is 18.5 Å². The molecule has 3 heterocycles. The van der Waals surface area contributed by atoms with Crippen LogP contribution >= 0.6 is 0 Å². The van der Waals surface area contributed by atoms with Crippen LogP contribution in [0.5, 0.6) is 0 Å². The standard InChI is InChI=1S/C20H28BNO12/c1-22-18(29)9-2-4-10(5-3-9)21-33-15-13(26)11(6-23)30-19(16(15)34-21)32-20(8-25)17(28)14(27)12(7-24)31-20/h2-5,11-17,19,23-28H,6-8H2,1H3,(H,22,29). The second-order valence-corrected chi connectivity index (χ2v) is 8.31. The summed E-state index contributed by atoms with van der Waals surface area (Å²) >= 11 is 0. The van der Waals surface area contributed by atoms with Gasteiger partial charge in [-0.2, -0.15) is 0 Å². The van der Waals surface area contributed by atoms with Crippen molar-refractivity contribution in [1.29, 1.82) is 0 Å². The lowest BCUT2D eigenvalue weighted by Crippen LogP contribution is -2.61. The van der Waals surface area contributed by atoms with E-state index in [1.165, 1.54) is 7.05 Å². The van der Waals surface area contributed by atoms with E-state index >= 15 is 0 Å². The first kappa shape index (κ1) is 25.4. The fourth-order valence-corrected chi connectivity index (χ4v) is 4.31. The van der Waals surface area contributed by atoms with Crippen molar-refractivity contribution in [2.75, 3.05) is 26.9 Å². The first-order chi connectivity index (χ1) is 16.3. The van der Waals surface area contributed by atoms with Crippen LogP contribution in [0.15, 0.2) is 24.3 Å². The summed E-state index contributed by atoms with van der Waals surface area (Å²) in [4.78, 5) is 11.8. The molecule has 13 nitrogen and oxygen atoms in total. The molecule has 0 bridgehead atoms. The average molecular weight is 485 g/mol. The molecule has 9 unspecified atom stereocenters. The highest BCUT2D eigenvalue weighted by Gasteiger charge is 2.61. The van der Waals surface area contributed by atoms with Crippen molar-refractivity contribution in [3.63, 3.8) is 0 Å². The van der Waals surface area contributed by atoms with E-state index in [4.69, 9.17) is 23.5 Å². The third-order valence-corrected chi connectivity index (χ3v) is 6.25. The highest BCUT2D eigenvalue weighted by atomic mass is 16.8. The van der Waals surface area contributed by atoms with E-state index < -0.39 is 81.7 Å². The molecule has 4 rings (SSSR count). The zero-order valence-electron chi connectivity index (χ0n) is 18.3. The Morgan fingerprint density at radius 2 is 1.68 bits per heavy atom. The molecule has 3 aliphatic rings. The minimum absolute atomic E-state index is 0.274. The number of rotatable bonds is 7. The van der Waals surface area contributed by atoms with Crippen LogP contribution in [-0.4, -0.2) is 125 Å². The number of hydrogen-bond donors (Lipinski definition) is 7. The topological polar surface area (TPSA) is 197 Å². The SMILES string of the molecule is CNC(=O)c1ccc(B2OC3C(OC4(CO)OC(CO)C(O)C4O)OC(CO)C(O)C3O2)cc1. The van der Waals surface area contributed by atoms with Crippen molar-refractivity contribution in [2.45, 2.75) is 54.8 Å². The van der Waals surface area contributed by atoms with Crippen LogP contribution in [-0.2, 0) is 23.5 Å². The number of amides is 1. The van der Waals surface area contributed by atoms with Gasteiger partial charge in [0.25, 0.3) is 5.91 Å². The molecule has 14 heteroatoms. The molecule has 1 aromatic carbocycles. The molecule has 3 fully saturated rings. The van der Waals surface area contributed by atoms with Crippen LogP contribution in [0.3, 0.4) is 0 Å². The van der Waals surface area contributed by atoms with Gasteiger partial charge in [0, 0.05) is 12.6 Å². The Morgan fingerprint density at radius 3 is 2.24 bits per heavy atom. The van der Waals surface area contributed by atoms with Crippen LogP contribution in [0.1, 0.15) is 10.4 Å². The Balaban J connectivity index is 1.57. The predicted molar refractivity (Wildman–Crippen MR) is 112 cm³/mol. The third kappa shape index (κ3) is 4.36. The fourth-order valence-electron chi connectivity index (χ4n) is 4.31. The molecule has 0 radical (unpaired) electrons. The van der Waals surface area contributed by atoms with E-state index in [1.54, 1.807) is 24.3 Å². The minimum atomic E-state index is -2.17. The fraction of sp³-hybridized carbons (Fsp3) is 0.650. The summed E-state index contributed by atoms with van der Waals surface area (Å²) in [7, 11) is 0.514. The van der Waals surface area contributed by atoms with Crippen LogP contribution in [0.4, 0.5) is 0 Å². The van der Waals surface area contributed by atoms with E-state index in [-0.39, 0.29) is 5.91 Å². The Labute approximate surface area is 194 Å². The van der Waals surface area contributed by atoms with Gasteiger partial charge in [-0.25, -0.2) is 0 Å². The van der Waals surface area contributed by atoms with Crippen LogP contribution < -0.4 is 10.8 Å². The van der Waals surface area contributed by atoms with Gasteiger partial charge >= 0.3 is 7.12 Å². The summed E-state index contributed by atoms with van der Waals surface area (Å²) < 4.78 is 28.6.